The highest BCUT2D eigenvalue weighted by molar-refractivity contribution is 7.99. The lowest BCUT2D eigenvalue weighted by atomic mass is 10.1. The van der Waals surface area contributed by atoms with Gasteiger partial charge in [0.15, 0.2) is 0 Å². The van der Waals surface area contributed by atoms with Crippen LogP contribution in [0.5, 0.6) is 0 Å². The summed E-state index contributed by atoms with van der Waals surface area (Å²) >= 11 is 7.72. The molecule has 1 fully saturated rings. The number of hydrogen-bond acceptors (Lipinski definition) is 4. The standard InChI is InChI=1S/C22H24ClNO3S/c1-14(2)12-27-22(26)19-13-28-21(17-5-4-6-18(23)11-17)24(19)20(25)16-9-7-15(3)8-10-16/h4-11,14,19,21H,12-13H2,1-3H3. The van der Waals surface area contributed by atoms with E-state index in [1.807, 2.05) is 51.1 Å². The zero-order chi connectivity index (χ0) is 20.3. The molecule has 3 rings (SSSR count). The minimum absolute atomic E-state index is 0.179. The maximum absolute atomic E-state index is 13.4. The van der Waals surface area contributed by atoms with Crippen LogP contribution in [-0.4, -0.2) is 35.2 Å². The number of esters is 1. The third-order valence-electron chi connectivity index (χ3n) is 4.50. The topological polar surface area (TPSA) is 46.6 Å². The van der Waals surface area contributed by atoms with Gasteiger partial charge in [-0.15, -0.1) is 11.8 Å². The Balaban J connectivity index is 1.93. The Hall–Kier alpha value is -1.98. The third kappa shape index (κ3) is 4.70. The van der Waals surface area contributed by atoms with Crippen molar-refractivity contribution < 1.29 is 14.3 Å². The van der Waals surface area contributed by atoms with Crippen LogP contribution in [0.3, 0.4) is 0 Å². The minimum atomic E-state index is -0.624. The summed E-state index contributed by atoms with van der Waals surface area (Å²) in [5, 5.41) is 0.316. The number of rotatable bonds is 5. The lowest BCUT2D eigenvalue weighted by Crippen LogP contribution is -2.44. The molecular weight excluding hydrogens is 394 g/mol. The van der Waals surface area contributed by atoms with E-state index in [1.54, 1.807) is 34.9 Å². The van der Waals surface area contributed by atoms with E-state index in [4.69, 9.17) is 16.3 Å². The van der Waals surface area contributed by atoms with Gasteiger partial charge in [-0.1, -0.05) is 55.3 Å². The predicted octanol–water partition coefficient (Wildman–Crippen LogP) is 5.10. The van der Waals surface area contributed by atoms with Crippen molar-refractivity contribution in [3.63, 3.8) is 0 Å². The zero-order valence-electron chi connectivity index (χ0n) is 16.2. The van der Waals surface area contributed by atoms with Crippen molar-refractivity contribution >= 4 is 35.2 Å². The van der Waals surface area contributed by atoms with Crippen molar-refractivity contribution in [1.82, 2.24) is 4.90 Å². The summed E-state index contributed by atoms with van der Waals surface area (Å²) in [6.45, 7) is 6.29. The molecule has 0 aliphatic carbocycles. The second-order valence-corrected chi connectivity index (χ2v) is 8.91. The Morgan fingerprint density at radius 2 is 1.93 bits per heavy atom. The summed E-state index contributed by atoms with van der Waals surface area (Å²) in [7, 11) is 0. The average Bonchev–Trinajstić information content (AvgIpc) is 3.11. The first kappa shape index (κ1) is 20.7. The van der Waals surface area contributed by atoms with Crippen molar-refractivity contribution in [1.29, 1.82) is 0 Å². The van der Waals surface area contributed by atoms with Crippen LogP contribution in [0.15, 0.2) is 48.5 Å². The van der Waals surface area contributed by atoms with Gasteiger partial charge in [0, 0.05) is 16.3 Å². The van der Waals surface area contributed by atoms with Gasteiger partial charge in [0.2, 0.25) is 0 Å². The fraction of sp³-hybridized carbons (Fsp3) is 0.364. The molecule has 6 heteroatoms. The van der Waals surface area contributed by atoms with E-state index in [1.165, 1.54) is 0 Å². The molecule has 28 heavy (non-hydrogen) atoms. The molecule has 4 nitrogen and oxygen atoms in total. The van der Waals surface area contributed by atoms with Crippen LogP contribution in [0.25, 0.3) is 0 Å². The average molecular weight is 418 g/mol. The van der Waals surface area contributed by atoms with E-state index in [2.05, 4.69) is 0 Å². The quantitative estimate of drug-likeness (QED) is 0.634. The molecular formula is C22H24ClNO3S. The highest BCUT2D eigenvalue weighted by Gasteiger charge is 2.43. The molecule has 2 aromatic carbocycles. The van der Waals surface area contributed by atoms with Crippen LogP contribution in [-0.2, 0) is 9.53 Å². The Bertz CT molecular complexity index is 853. The molecule has 0 saturated carbocycles. The maximum Gasteiger partial charge on any atom is 0.329 e. The van der Waals surface area contributed by atoms with Crippen LogP contribution in [0.2, 0.25) is 5.02 Å². The Morgan fingerprint density at radius 1 is 1.21 bits per heavy atom. The molecule has 0 N–H and O–H groups in total. The maximum atomic E-state index is 13.4. The van der Waals surface area contributed by atoms with Crippen molar-refractivity contribution in [2.45, 2.75) is 32.2 Å². The van der Waals surface area contributed by atoms with E-state index in [-0.39, 0.29) is 23.2 Å². The van der Waals surface area contributed by atoms with Crippen molar-refractivity contribution in [3.8, 4) is 0 Å². The first-order valence-corrected chi connectivity index (χ1v) is 10.7. The van der Waals surface area contributed by atoms with Crippen molar-refractivity contribution in [2.75, 3.05) is 12.4 Å². The summed E-state index contributed by atoms with van der Waals surface area (Å²) < 4.78 is 5.46. The number of thioether (sulfide) groups is 1. The molecule has 1 saturated heterocycles. The summed E-state index contributed by atoms with van der Waals surface area (Å²) in [6, 6.07) is 14.2. The van der Waals surface area contributed by atoms with Crippen molar-refractivity contribution in [2.24, 2.45) is 5.92 Å². The molecule has 2 aromatic rings. The van der Waals surface area contributed by atoms with Gasteiger partial charge in [0.1, 0.15) is 11.4 Å². The SMILES string of the molecule is Cc1ccc(C(=O)N2C(C(=O)OCC(C)C)CSC2c2cccc(Cl)c2)cc1. The minimum Gasteiger partial charge on any atom is -0.464 e. The van der Waals surface area contributed by atoms with Crippen LogP contribution >= 0.6 is 23.4 Å². The van der Waals surface area contributed by atoms with E-state index in [0.29, 0.717) is 22.9 Å². The van der Waals surface area contributed by atoms with Gasteiger partial charge in [0.05, 0.1) is 6.61 Å². The molecule has 1 aliphatic rings. The largest absolute Gasteiger partial charge is 0.464 e. The smallest absolute Gasteiger partial charge is 0.329 e. The van der Waals surface area contributed by atoms with Gasteiger partial charge in [-0.2, -0.15) is 0 Å². The number of halogens is 1. The third-order valence-corrected chi connectivity index (χ3v) is 6.06. The van der Waals surface area contributed by atoms with E-state index >= 15 is 0 Å². The molecule has 2 atom stereocenters. The summed E-state index contributed by atoms with van der Waals surface area (Å²) in [5.41, 5.74) is 2.53. The zero-order valence-corrected chi connectivity index (χ0v) is 17.8. The summed E-state index contributed by atoms with van der Waals surface area (Å²) in [5.74, 6) is 0.196. The first-order valence-electron chi connectivity index (χ1n) is 9.30. The van der Waals surface area contributed by atoms with E-state index < -0.39 is 6.04 Å². The second kappa shape index (κ2) is 9.01. The molecule has 1 heterocycles. The number of ether oxygens (including phenoxy) is 1. The molecule has 148 valence electrons. The van der Waals surface area contributed by atoms with Crippen LogP contribution in [0, 0.1) is 12.8 Å². The molecule has 0 radical (unpaired) electrons. The number of amides is 1. The van der Waals surface area contributed by atoms with Gasteiger partial charge >= 0.3 is 5.97 Å². The number of carbonyl (C=O) groups is 2. The van der Waals surface area contributed by atoms with Crippen LogP contribution in [0.4, 0.5) is 0 Å². The van der Waals surface area contributed by atoms with Crippen molar-refractivity contribution in [3.05, 3.63) is 70.2 Å². The number of carbonyl (C=O) groups excluding carboxylic acids is 2. The fourth-order valence-electron chi connectivity index (χ4n) is 3.04. The highest BCUT2D eigenvalue weighted by Crippen LogP contribution is 2.43. The lowest BCUT2D eigenvalue weighted by molar-refractivity contribution is -0.149. The first-order chi connectivity index (χ1) is 13.4. The molecule has 1 amide bonds. The Morgan fingerprint density at radius 3 is 2.57 bits per heavy atom. The summed E-state index contributed by atoms with van der Waals surface area (Å²) in [6.07, 6.45) is 0. The van der Waals surface area contributed by atoms with Gasteiger partial charge in [-0.3, -0.25) is 4.79 Å². The van der Waals surface area contributed by atoms with Gasteiger partial charge in [-0.25, -0.2) is 4.79 Å². The molecule has 0 bridgehead atoms. The number of hydrogen-bond donors (Lipinski definition) is 0. The molecule has 0 aromatic heterocycles. The normalized spacial score (nSPS) is 19.1. The van der Waals surface area contributed by atoms with Gasteiger partial charge in [-0.05, 0) is 42.7 Å². The Labute approximate surface area is 175 Å². The van der Waals surface area contributed by atoms with Crippen LogP contribution in [0.1, 0.15) is 40.7 Å². The number of nitrogens with zero attached hydrogens (tertiary/aromatic N) is 1. The number of aryl methyl sites for hydroxylation is 1. The monoisotopic (exact) mass is 417 g/mol. The molecule has 2 unspecified atom stereocenters. The van der Waals surface area contributed by atoms with Gasteiger partial charge in [0.25, 0.3) is 5.91 Å². The highest BCUT2D eigenvalue weighted by atomic mass is 35.5. The van der Waals surface area contributed by atoms with E-state index in [0.717, 1.165) is 11.1 Å². The second-order valence-electron chi connectivity index (χ2n) is 7.36. The lowest BCUT2D eigenvalue weighted by Gasteiger charge is -2.29. The molecule has 0 spiro atoms. The number of benzene rings is 2. The van der Waals surface area contributed by atoms with Crippen LogP contribution < -0.4 is 0 Å². The van der Waals surface area contributed by atoms with Gasteiger partial charge < -0.3 is 9.64 Å². The predicted molar refractivity (Wildman–Crippen MR) is 114 cm³/mol. The summed E-state index contributed by atoms with van der Waals surface area (Å²) in [4.78, 5) is 27.7. The van der Waals surface area contributed by atoms with E-state index in [9.17, 15) is 9.59 Å². The fourth-order valence-corrected chi connectivity index (χ4v) is 4.65. The molecule has 1 aliphatic heterocycles. The Kier molecular flexibility index (Phi) is 6.68.